The number of aryl methyl sites for hydroxylation is 1. The van der Waals surface area contributed by atoms with Crippen molar-refractivity contribution in [2.24, 2.45) is 0 Å². The Labute approximate surface area is 220 Å². The van der Waals surface area contributed by atoms with E-state index in [1.807, 2.05) is 0 Å². The molecule has 0 fully saturated rings. The summed E-state index contributed by atoms with van der Waals surface area (Å²) in [6, 6.07) is 41.6. The molecule has 1 heterocycles. The first-order chi connectivity index (χ1) is 18.3. The molecule has 0 spiro atoms. The number of benzene rings is 5. The minimum atomic E-state index is 1.07. The highest BCUT2D eigenvalue weighted by molar-refractivity contribution is 6.33. The Morgan fingerprint density at radius 3 is 2.11 bits per heavy atom. The standard InChI is InChI=1S/C34H25N2Si/c37-30-18-20-32-31-19-17-29(22-33(31)36(34(32)23-30)27-13-5-2-6-14-27)35(26-11-3-1-4-12-26)28-16-15-24-9-7-8-10-25(24)21-28/h1-7,9,11-23H,8,10H2. The monoisotopic (exact) mass is 489 g/mol. The number of anilines is 3. The third-order valence-electron chi connectivity index (χ3n) is 7.30. The van der Waals surface area contributed by atoms with Crippen molar-refractivity contribution >= 4 is 60.4 Å². The van der Waals surface area contributed by atoms with Crippen molar-refractivity contribution in [2.45, 2.75) is 12.8 Å². The second kappa shape index (κ2) is 8.95. The van der Waals surface area contributed by atoms with Gasteiger partial charge in [-0.05, 0) is 78.6 Å². The van der Waals surface area contributed by atoms with Crippen molar-refractivity contribution in [3.05, 3.63) is 132 Å². The smallest absolute Gasteiger partial charge is 0.0712 e. The summed E-state index contributed by atoms with van der Waals surface area (Å²) in [7, 11) is 3.76. The summed E-state index contributed by atoms with van der Waals surface area (Å²) in [4.78, 5) is 2.38. The van der Waals surface area contributed by atoms with Crippen LogP contribution in [0.5, 0.6) is 0 Å². The number of allylic oxidation sites excluding steroid dienone is 1. The minimum Gasteiger partial charge on any atom is -0.310 e. The minimum absolute atomic E-state index is 1.07. The van der Waals surface area contributed by atoms with Gasteiger partial charge in [0.05, 0.1) is 21.3 Å². The molecule has 0 aliphatic heterocycles. The van der Waals surface area contributed by atoms with E-state index in [1.54, 1.807) is 0 Å². The molecule has 37 heavy (non-hydrogen) atoms. The zero-order chi connectivity index (χ0) is 24.8. The second-order valence-corrected chi connectivity index (χ2v) is 10.2. The molecule has 5 aromatic carbocycles. The Kier molecular flexibility index (Phi) is 5.30. The zero-order valence-corrected chi connectivity index (χ0v) is 21.4. The lowest BCUT2D eigenvalue weighted by Gasteiger charge is -2.27. The van der Waals surface area contributed by atoms with E-state index in [2.05, 4.69) is 147 Å². The molecule has 1 aliphatic rings. The van der Waals surface area contributed by atoms with E-state index in [-0.39, 0.29) is 0 Å². The Bertz CT molecular complexity index is 1780. The van der Waals surface area contributed by atoms with Crippen molar-refractivity contribution in [2.75, 3.05) is 4.90 Å². The Morgan fingerprint density at radius 1 is 0.622 bits per heavy atom. The summed E-state index contributed by atoms with van der Waals surface area (Å²) in [6.07, 6.45) is 6.70. The van der Waals surface area contributed by atoms with Gasteiger partial charge in [0.15, 0.2) is 0 Å². The van der Waals surface area contributed by atoms with E-state index in [0.717, 1.165) is 35.1 Å². The number of para-hydroxylation sites is 2. The number of fused-ring (bicyclic) bond motifs is 4. The maximum atomic E-state index is 3.76. The van der Waals surface area contributed by atoms with Crippen LogP contribution >= 0.6 is 0 Å². The van der Waals surface area contributed by atoms with Crippen LogP contribution in [0.2, 0.25) is 0 Å². The molecule has 0 saturated carbocycles. The number of hydrogen-bond acceptors (Lipinski definition) is 1. The molecule has 0 amide bonds. The van der Waals surface area contributed by atoms with Gasteiger partial charge in [0.25, 0.3) is 0 Å². The first kappa shape index (κ1) is 21.9. The lowest BCUT2D eigenvalue weighted by molar-refractivity contribution is 0.984. The fourth-order valence-corrected chi connectivity index (χ4v) is 5.81. The third kappa shape index (κ3) is 3.79. The van der Waals surface area contributed by atoms with Crippen LogP contribution in [0, 0.1) is 0 Å². The molecule has 3 radical (unpaired) electrons. The van der Waals surface area contributed by atoms with Gasteiger partial charge >= 0.3 is 0 Å². The van der Waals surface area contributed by atoms with E-state index >= 15 is 0 Å². The molecule has 0 bridgehead atoms. The Balaban J connectivity index is 1.49. The van der Waals surface area contributed by atoms with Crippen LogP contribution in [-0.4, -0.2) is 14.8 Å². The van der Waals surface area contributed by atoms with Crippen LogP contribution in [0.15, 0.2) is 121 Å². The van der Waals surface area contributed by atoms with E-state index in [4.69, 9.17) is 0 Å². The molecule has 0 unspecified atom stereocenters. The molecule has 175 valence electrons. The fourth-order valence-electron chi connectivity index (χ4n) is 5.59. The predicted octanol–water partition coefficient (Wildman–Crippen LogP) is 8.01. The molecule has 7 rings (SSSR count). The molecule has 0 N–H and O–H groups in total. The van der Waals surface area contributed by atoms with E-state index in [9.17, 15) is 0 Å². The fraction of sp³-hybridized carbons (Fsp3) is 0.0588. The van der Waals surface area contributed by atoms with Crippen molar-refractivity contribution in [1.82, 2.24) is 4.57 Å². The maximum Gasteiger partial charge on any atom is 0.0712 e. The van der Waals surface area contributed by atoms with Gasteiger partial charge < -0.3 is 9.47 Å². The molecule has 1 aromatic heterocycles. The number of hydrogen-bond donors (Lipinski definition) is 0. The summed E-state index contributed by atoms with van der Waals surface area (Å²) >= 11 is 0. The molecular formula is C34H25N2Si. The highest BCUT2D eigenvalue weighted by atomic mass is 28.1. The highest BCUT2D eigenvalue weighted by Crippen LogP contribution is 2.40. The van der Waals surface area contributed by atoms with Crippen molar-refractivity contribution < 1.29 is 0 Å². The SMILES string of the molecule is [Si]c1ccc2c3ccc(N(c4ccccc4)c4ccc5c(c4)CCC=C5)cc3n(-c3ccccc3)c2c1. The summed E-state index contributed by atoms with van der Waals surface area (Å²) in [5.41, 5.74) is 9.75. The van der Waals surface area contributed by atoms with Gasteiger partial charge in [-0.1, -0.05) is 78.0 Å². The van der Waals surface area contributed by atoms with Crippen LogP contribution < -0.4 is 10.1 Å². The molecule has 1 aliphatic carbocycles. The van der Waals surface area contributed by atoms with Gasteiger partial charge in [-0.15, -0.1) is 0 Å². The van der Waals surface area contributed by atoms with Gasteiger partial charge in [0, 0.05) is 33.5 Å². The number of aromatic nitrogens is 1. The number of rotatable bonds is 4. The van der Waals surface area contributed by atoms with Gasteiger partial charge in [-0.2, -0.15) is 0 Å². The zero-order valence-electron chi connectivity index (χ0n) is 20.4. The number of nitrogens with zero attached hydrogens (tertiary/aromatic N) is 2. The molecule has 6 aromatic rings. The predicted molar refractivity (Wildman–Crippen MR) is 158 cm³/mol. The quantitative estimate of drug-likeness (QED) is 0.228. The van der Waals surface area contributed by atoms with E-state index < -0.39 is 0 Å². The molecule has 0 atom stereocenters. The average molecular weight is 490 g/mol. The van der Waals surface area contributed by atoms with Crippen LogP contribution in [0.3, 0.4) is 0 Å². The van der Waals surface area contributed by atoms with Crippen LogP contribution in [0.1, 0.15) is 17.5 Å². The lowest BCUT2D eigenvalue weighted by atomic mass is 9.96. The topological polar surface area (TPSA) is 8.17 Å². The third-order valence-corrected chi connectivity index (χ3v) is 7.61. The van der Waals surface area contributed by atoms with Crippen LogP contribution in [-0.2, 0) is 6.42 Å². The van der Waals surface area contributed by atoms with Gasteiger partial charge in [0.1, 0.15) is 0 Å². The highest BCUT2D eigenvalue weighted by Gasteiger charge is 2.18. The van der Waals surface area contributed by atoms with Crippen LogP contribution in [0.4, 0.5) is 17.1 Å². The van der Waals surface area contributed by atoms with E-state index in [1.165, 1.54) is 38.6 Å². The Morgan fingerprint density at radius 2 is 1.30 bits per heavy atom. The van der Waals surface area contributed by atoms with Crippen molar-refractivity contribution in [3.8, 4) is 5.69 Å². The first-order valence-corrected chi connectivity index (χ1v) is 13.3. The summed E-state index contributed by atoms with van der Waals surface area (Å²) < 4.78 is 2.37. The Hall–Kier alpha value is -4.34. The summed E-state index contributed by atoms with van der Waals surface area (Å²) in [5.74, 6) is 0. The molecule has 3 heteroatoms. The van der Waals surface area contributed by atoms with Crippen LogP contribution in [0.25, 0.3) is 33.6 Å². The lowest BCUT2D eigenvalue weighted by Crippen LogP contribution is -2.11. The van der Waals surface area contributed by atoms with E-state index in [0.29, 0.717) is 0 Å². The average Bonchev–Trinajstić information content (AvgIpc) is 3.27. The summed E-state index contributed by atoms with van der Waals surface area (Å²) in [6.45, 7) is 0. The van der Waals surface area contributed by atoms with Crippen molar-refractivity contribution in [3.63, 3.8) is 0 Å². The molecular weight excluding hydrogens is 464 g/mol. The normalized spacial score (nSPS) is 12.7. The van der Waals surface area contributed by atoms with Gasteiger partial charge in [0.2, 0.25) is 0 Å². The molecule has 2 nitrogen and oxygen atoms in total. The van der Waals surface area contributed by atoms with Crippen molar-refractivity contribution in [1.29, 1.82) is 0 Å². The second-order valence-electron chi connectivity index (χ2n) is 9.60. The maximum absolute atomic E-state index is 3.76. The summed E-state index contributed by atoms with van der Waals surface area (Å²) in [5, 5.41) is 3.57. The van der Waals surface area contributed by atoms with Gasteiger partial charge in [-0.25, -0.2) is 0 Å². The van der Waals surface area contributed by atoms with Gasteiger partial charge in [-0.3, -0.25) is 0 Å². The first-order valence-electron chi connectivity index (χ1n) is 12.8. The largest absolute Gasteiger partial charge is 0.310 e. The molecule has 0 saturated heterocycles.